The maximum atomic E-state index is 12.7. The van der Waals surface area contributed by atoms with Crippen LogP contribution >= 0.6 is 0 Å². The monoisotopic (exact) mass is 362 g/mol. The van der Waals surface area contributed by atoms with E-state index in [1.54, 1.807) is 24.3 Å². The van der Waals surface area contributed by atoms with Gasteiger partial charge in [-0.25, -0.2) is 0 Å². The molecule has 27 heavy (non-hydrogen) atoms. The molecular weight excluding hydrogens is 340 g/mol. The van der Waals surface area contributed by atoms with Crippen LogP contribution in [0.25, 0.3) is 0 Å². The maximum absolute atomic E-state index is 12.7. The zero-order valence-corrected chi connectivity index (χ0v) is 15.1. The number of benzene rings is 2. The van der Waals surface area contributed by atoms with Gasteiger partial charge in [-0.15, -0.1) is 0 Å². The minimum absolute atomic E-state index is 0.0220. The van der Waals surface area contributed by atoms with Crippen LogP contribution < -0.4 is 5.73 Å². The normalized spacial score (nSPS) is 15.0. The standard InChI is InChI=1S/C21H22N4O2/c22-14-16-2-4-17(5-3-16)15-24-10-1-11-25(13-12-24)21(27)19-8-6-18(7-9-19)20(23)26/h2-9H,1,10-13,15H2,(H2,23,26). The van der Waals surface area contributed by atoms with E-state index in [1.165, 1.54) is 0 Å². The van der Waals surface area contributed by atoms with Crippen molar-refractivity contribution in [3.8, 4) is 6.07 Å². The second-order valence-electron chi connectivity index (χ2n) is 6.67. The number of rotatable bonds is 4. The molecule has 1 heterocycles. The molecule has 1 aliphatic rings. The van der Waals surface area contributed by atoms with Crippen LogP contribution in [0.15, 0.2) is 48.5 Å². The average Bonchev–Trinajstić information content (AvgIpc) is 2.93. The van der Waals surface area contributed by atoms with E-state index in [-0.39, 0.29) is 5.91 Å². The summed E-state index contributed by atoms with van der Waals surface area (Å²) < 4.78 is 0. The van der Waals surface area contributed by atoms with Gasteiger partial charge in [0, 0.05) is 43.9 Å². The molecule has 6 nitrogen and oxygen atoms in total. The summed E-state index contributed by atoms with van der Waals surface area (Å²) >= 11 is 0. The van der Waals surface area contributed by atoms with E-state index in [1.807, 2.05) is 29.2 Å². The first-order valence-electron chi connectivity index (χ1n) is 8.97. The molecule has 2 aromatic rings. The fourth-order valence-electron chi connectivity index (χ4n) is 3.23. The molecule has 1 saturated heterocycles. The summed E-state index contributed by atoms with van der Waals surface area (Å²) in [5.74, 6) is -0.520. The van der Waals surface area contributed by atoms with Crippen LogP contribution in [0.4, 0.5) is 0 Å². The fraction of sp³-hybridized carbons (Fsp3) is 0.286. The molecule has 138 valence electrons. The van der Waals surface area contributed by atoms with Gasteiger partial charge in [0.1, 0.15) is 0 Å². The van der Waals surface area contributed by atoms with Crippen LogP contribution in [0.5, 0.6) is 0 Å². The van der Waals surface area contributed by atoms with Gasteiger partial charge >= 0.3 is 0 Å². The van der Waals surface area contributed by atoms with Crippen molar-refractivity contribution >= 4 is 11.8 Å². The highest BCUT2D eigenvalue weighted by Crippen LogP contribution is 2.13. The Balaban J connectivity index is 1.59. The van der Waals surface area contributed by atoms with Crippen molar-refractivity contribution in [2.75, 3.05) is 26.2 Å². The van der Waals surface area contributed by atoms with Crippen molar-refractivity contribution in [1.82, 2.24) is 9.80 Å². The Labute approximate surface area is 158 Å². The Morgan fingerprint density at radius 1 is 0.926 bits per heavy atom. The maximum Gasteiger partial charge on any atom is 0.253 e. The molecule has 0 saturated carbocycles. The van der Waals surface area contributed by atoms with Crippen molar-refractivity contribution in [3.05, 3.63) is 70.8 Å². The largest absolute Gasteiger partial charge is 0.366 e. The Morgan fingerprint density at radius 3 is 2.22 bits per heavy atom. The Bertz CT molecular complexity index is 853. The lowest BCUT2D eigenvalue weighted by atomic mass is 10.1. The number of amides is 2. The molecule has 1 aliphatic heterocycles. The van der Waals surface area contributed by atoms with Crippen LogP contribution in [-0.4, -0.2) is 47.8 Å². The van der Waals surface area contributed by atoms with Gasteiger partial charge in [0.25, 0.3) is 5.91 Å². The zero-order valence-electron chi connectivity index (χ0n) is 15.1. The Morgan fingerprint density at radius 2 is 1.59 bits per heavy atom. The topological polar surface area (TPSA) is 90.4 Å². The number of carbonyl (C=O) groups is 2. The molecule has 2 N–H and O–H groups in total. The quantitative estimate of drug-likeness (QED) is 0.901. The van der Waals surface area contributed by atoms with E-state index in [2.05, 4.69) is 11.0 Å². The van der Waals surface area contributed by atoms with Crippen molar-refractivity contribution in [2.24, 2.45) is 5.73 Å². The summed E-state index contributed by atoms with van der Waals surface area (Å²) in [6.45, 7) is 3.89. The lowest BCUT2D eigenvalue weighted by Crippen LogP contribution is -2.35. The number of carbonyl (C=O) groups excluding carboxylic acids is 2. The summed E-state index contributed by atoms with van der Waals surface area (Å²) in [7, 11) is 0. The van der Waals surface area contributed by atoms with E-state index >= 15 is 0 Å². The van der Waals surface area contributed by atoms with Crippen LogP contribution in [0.1, 0.15) is 38.3 Å². The summed E-state index contributed by atoms with van der Waals surface area (Å²) in [6.07, 6.45) is 0.904. The molecule has 2 amide bonds. The first kappa shape index (κ1) is 18.6. The predicted molar refractivity (Wildman–Crippen MR) is 102 cm³/mol. The molecule has 0 unspecified atom stereocenters. The lowest BCUT2D eigenvalue weighted by molar-refractivity contribution is 0.0760. The number of nitriles is 1. The van der Waals surface area contributed by atoms with Crippen molar-refractivity contribution in [2.45, 2.75) is 13.0 Å². The molecule has 0 radical (unpaired) electrons. The van der Waals surface area contributed by atoms with E-state index < -0.39 is 5.91 Å². The SMILES string of the molecule is N#Cc1ccc(CN2CCCN(C(=O)c3ccc(C(N)=O)cc3)CC2)cc1. The third-order valence-electron chi connectivity index (χ3n) is 4.78. The number of primary amides is 1. The van der Waals surface area contributed by atoms with E-state index in [9.17, 15) is 9.59 Å². The van der Waals surface area contributed by atoms with Gasteiger partial charge in [0.2, 0.25) is 5.91 Å². The third kappa shape index (κ3) is 4.72. The van der Waals surface area contributed by atoms with Crippen molar-refractivity contribution < 1.29 is 9.59 Å². The first-order valence-corrected chi connectivity index (χ1v) is 8.97. The second kappa shape index (κ2) is 8.47. The highest BCUT2D eigenvalue weighted by molar-refractivity contribution is 5.97. The van der Waals surface area contributed by atoms with Crippen molar-refractivity contribution in [3.63, 3.8) is 0 Å². The molecule has 0 aliphatic carbocycles. The molecule has 3 rings (SSSR count). The van der Waals surface area contributed by atoms with Crippen LogP contribution in [0, 0.1) is 11.3 Å². The van der Waals surface area contributed by atoms with Crippen LogP contribution in [0.3, 0.4) is 0 Å². The van der Waals surface area contributed by atoms with Gasteiger partial charge in [-0.2, -0.15) is 5.26 Å². The van der Waals surface area contributed by atoms with Gasteiger partial charge < -0.3 is 10.6 Å². The van der Waals surface area contributed by atoms with Gasteiger partial charge in [-0.05, 0) is 48.4 Å². The number of nitrogens with two attached hydrogens (primary N) is 1. The van der Waals surface area contributed by atoms with Gasteiger partial charge in [0.05, 0.1) is 11.6 Å². The number of hydrogen-bond donors (Lipinski definition) is 1. The van der Waals surface area contributed by atoms with E-state index in [4.69, 9.17) is 11.0 Å². The smallest absolute Gasteiger partial charge is 0.253 e. The molecule has 6 heteroatoms. The number of hydrogen-bond acceptors (Lipinski definition) is 4. The summed E-state index contributed by atoms with van der Waals surface area (Å²) in [5.41, 5.74) is 8.04. The molecule has 1 fully saturated rings. The number of nitrogens with zero attached hydrogens (tertiary/aromatic N) is 3. The molecule has 0 spiro atoms. The molecule has 0 bridgehead atoms. The minimum Gasteiger partial charge on any atom is -0.366 e. The Hall–Kier alpha value is -3.17. The Kier molecular flexibility index (Phi) is 5.84. The van der Waals surface area contributed by atoms with E-state index in [0.29, 0.717) is 29.8 Å². The van der Waals surface area contributed by atoms with Crippen LogP contribution in [0.2, 0.25) is 0 Å². The average molecular weight is 362 g/mol. The molecule has 2 aromatic carbocycles. The summed E-state index contributed by atoms with van der Waals surface area (Å²) in [6, 6.07) is 16.2. The zero-order chi connectivity index (χ0) is 19.2. The third-order valence-corrected chi connectivity index (χ3v) is 4.78. The lowest BCUT2D eigenvalue weighted by Gasteiger charge is -2.22. The summed E-state index contributed by atoms with van der Waals surface area (Å²) in [5, 5.41) is 8.88. The highest BCUT2D eigenvalue weighted by atomic mass is 16.2. The molecule has 0 atom stereocenters. The van der Waals surface area contributed by atoms with E-state index in [0.717, 1.165) is 31.6 Å². The van der Waals surface area contributed by atoms with Gasteiger partial charge in [0.15, 0.2) is 0 Å². The predicted octanol–water partition coefficient (Wildman–Crippen LogP) is 2.01. The first-order chi connectivity index (χ1) is 13.1. The molecular formula is C21H22N4O2. The highest BCUT2D eigenvalue weighted by Gasteiger charge is 2.20. The summed E-state index contributed by atoms with van der Waals surface area (Å²) in [4.78, 5) is 28.1. The minimum atomic E-state index is -0.498. The van der Waals surface area contributed by atoms with Crippen molar-refractivity contribution in [1.29, 1.82) is 5.26 Å². The fourth-order valence-corrected chi connectivity index (χ4v) is 3.23. The second-order valence-corrected chi connectivity index (χ2v) is 6.67. The van der Waals surface area contributed by atoms with Gasteiger partial charge in [-0.1, -0.05) is 12.1 Å². The molecule has 0 aromatic heterocycles. The van der Waals surface area contributed by atoms with Crippen LogP contribution in [-0.2, 0) is 6.54 Å². The van der Waals surface area contributed by atoms with Gasteiger partial charge in [-0.3, -0.25) is 14.5 Å².